The third-order valence-corrected chi connectivity index (χ3v) is 5.36. The second-order valence-electron chi connectivity index (χ2n) is 10.5. The van der Waals surface area contributed by atoms with Crippen LogP contribution in [0.5, 0.6) is 0 Å². The molecular formula is C28H34N4O2. The molecule has 1 atom stereocenters. The first-order valence-electron chi connectivity index (χ1n) is 11.5. The van der Waals surface area contributed by atoms with E-state index in [1.165, 1.54) is 0 Å². The van der Waals surface area contributed by atoms with Crippen LogP contribution in [-0.2, 0) is 21.4 Å². The lowest BCUT2D eigenvalue weighted by molar-refractivity contribution is -0.127. The lowest BCUT2D eigenvalue weighted by atomic mass is 9.87. The maximum atomic E-state index is 13.8. The van der Waals surface area contributed by atoms with Crippen LogP contribution in [0.3, 0.4) is 0 Å². The molecule has 6 nitrogen and oxygen atoms in total. The number of anilines is 1. The van der Waals surface area contributed by atoms with Gasteiger partial charge < -0.3 is 5.32 Å². The Morgan fingerprint density at radius 2 is 1.50 bits per heavy atom. The van der Waals surface area contributed by atoms with Gasteiger partial charge in [0.25, 0.3) is 0 Å². The molecule has 1 aromatic carbocycles. The van der Waals surface area contributed by atoms with Gasteiger partial charge in [0.1, 0.15) is 6.04 Å². The fourth-order valence-electron chi connectivity index (χ4n) is 3.71. The van der Waals surface area contributed by atoms with Crippen molar-refractivity contribution in [2.24, 2.45) is 0 Å². The van der Waals surface area contributed by atoms with E-state index in [4.69, 9.17) is 0 Å². The number of carbonyl (C=O) groups is 2. The average Bonchev–Trinajstić information content (AvgIpc) is 2.77. The van der Waals surface area contributed by atoms with E-state index < -0.39 is 11.6 Å². The van der Waals surface area contributed by atoms with Crippen molar-refractivity contribution < 1.29 is 9.59 Å². The minimum absolute atomic E-state index is 0.0323. The van der Waals surface area contributed by atoms with Gasteiger partial charge in [-0.2, -0.15) is 0 Å². The van der Waals surface area contributed by atoms with Gasteiger partial charge >= 0.3 is 0 Å². The molecule has 0 saturated heterocycles. The first-order valence-corrected chi connectivity index (χ1v) is 11.5. The van der Waals surface area contributed by atoms with Gasteiger partial charge in [0.2, 0.25) is 11.8 Å². The number of hydrogen-bond donors (Lipinski definition) is 1. The van der Waals surface area contributed by atoms with E-state index in [1.54, 1.807) is 41.8 Å². The Morgan fingerprint density at radius 3 is 2.00 bits per heavy atom. The van der Waals surface area contributed by atoms with Gasteiger partial charge in [-0.15, -0.1) is 0 Å². The zero-order valence-electron chi connectivity index (χ0n) is 20.9. The van der Waals surface area contributed by atoms with Crippen LogP contribution in [0, 0.1) is 0 Å². The maximum Gasteiger partial charge on any atom is 0.248 e. The monoisotopic (exact) mass is 458 g/mol. The molecule has 6 heteroatoms. The first kappa shape index (κ1) is 25.1. The fraction of sp³-hybridized carbons (Fsp3) is 0.357. The second-order valence-corrected chi connectivity index (χ2v) is 10.5. The molecule has 0 fully saturated rings. The Morgan fingerprint density at radius 1 is 0.882 bits per heavy atom. The van der Waals surface area contributed by atoms with Crippen molar-refractivity contribution in [3.05, 3.63) is 90.0 Å². The molecule has 0 aliphatic heterocycles. The van der Waals surface area contributed by atoms with Crippen LogP contribution in [-0.4, -0.2) is 27.3 Å². The zero-order valence-corrected chi connectivity index (χ0v) is 20.9. The molecule has 3 rings (SSSR count). The molecule has 2 amide bonds. The number of pyridine rings is 2. The molecule has 0 saturated carbocycles. The number of amides is 2. The van der Waals surface area contributed by atoms with Crippen LogP contribution in [0.2, 0.25) is 0 Å². The summed E-state index contributed by atoms with van der Waals surface area (Å²) in [6.45, 7) is 12.2. The van der Waals surface area contributed by atoms with Crippen molar-refractivity contribution >= 4 is 17.5 Å². The quantitative estimate of drug-likeness (QED) is 0.564. The Labute approximate surface area is 202 Å². The summed E-state index contributed by atoms with van der Waals surface area (Å²) in [6, 6.07) is 14.2. The molecule has 0 aliphatic rings. The molecule has 178 valence electrons. The van der Waals surface area contributed by atoms with E-state index in [9.17, 15) is 9.59 Å². The van der Waals surface area contributed by atoms with E-state index in [1.807, 2.05) is 57.2 Å². The fourth-order valence-corrected chi connectivity index (χ4v) is 3.71. The smallest absolute Gasteiger partial charge is 0.248 e. The van der Waals surface area contributed by atoms with Gasteiger partial charge in [0, 0.05) is 41.6 Å². The van der Waals surface area contributed by atoms with Crippen molar-refractivity contribution in [2.45, 2.75) is 65.0 Å². The molecule has 0 spiro atoms. The van der Waals surface area contributed by atoms with Gasteiger partial charge in [0.05, 0.1) is 6.42 Å². The highest BCUT2D eigenvalue weighted by atomic mass is 16.2. The number of hydrogen-bond acceptors (Lipinski definition) is 4. The number of nitrogens with zero attached hydrogens (tertiary/aromatic N) is 3. The molecule has 0 radical (unpaired) electrons. The number of rotatable bonds is 6. The molecular weight excluding hydrogens is 424 g/mol. The minimum atomic E-state index is -0.877. The predicted molar refractivity (Wildman–Crippen MR) is 135 cm³/mol. The standard InChI is InChI=1S/C28H34N4O2/c1-27(2,3)22-11-13-23(14-12-22)32(24(33)17-20-9-7-15-29-18-20)25(21-10-8-16-30-19-21)26(34)31-28(4,5)6/h7-16,18-19,25H,17H2,1-6H3,(H,31,34). The number of carbonyl (C=O) groups excluding carboxylic acids is 2. The molecule has 34 heavy (non-hydrogen) atoms. The van der Waals surface area contributed by atoms with Crippen LogP contribution >= 0.6 is 0 Å². The topological polar surface area (TPSA) is 75.2 Å². The van der Waals surface area contributed by atoms with Crippen molar-refractivity contribution in [1.29, 1.82) is 0 Å². The summed E-state index contributed by atoms with van der Waals surface area (Å²) in [7, 11) is 0. The molecule has 1 unspecified atom stereocenters. The summed E-state index contributed by atoms with van der Waals surface area (Å²) in [5.41, 5.74) is 2.72. The van der Waals surface area contributed by atoms with E-state index in [-0.39, 0.29) is 23.7 Å². The summed E-state index contributed by atoms with van der Waals surface area (Å²) in [5.74, 6) is -0.464. The van der Waals surface area contributed by atoms with Crippen LogP contribution in [0.15, 0.2) is 73.3 Å². The first-order chi connectivity index (χ1) is 16.0. The summed E-state index contributed by atoms with van der Waals surface area (Å²) in [4.78, 5) is 37.3. The van der Waals surface area contributed by atoms with Crippen molar-refractivity contribution in [3.63, 3.8) is 0 Å². The van der Waals surface area contributed by atoms with Crippen LogP contribution in [0.25, 0.3) is 0 Å². The van der Waals surface area contributed by atoms with E-state index in [2.05, 4.69) is 36.1 Å². The van der Waals surface area contributed by atoms with Crippen molar-refractivity contribution in [2.75, 3.05) is 4.90 Å². The highest BCUT2D eigenvalue weighted by molar-refractivity contribution is 6.02. The largest absolute Gasteiger partial charge is 0.349 e. The number of aromatic nitrogens is 2. The van der Waals surface area contributed by atoms with Gasteiger partial charge in [-0.1, -0.05) is 45.0 Å². The van der Waals surface area contributed by atoms with Gasteiger partial charge in [-0.25, -0.2) is 0 Å². The van der Waals surface area contributed by atoms with Crippen molar-refractivity contribution in [3.8, 4) is 0 Å². The Balaban J connectivity index is 2.11. The lowest BCUT2D eigenvalue weighted by Crippen LogP contribution is -2.49. The molecule has 2 aromatic heterocycles. The highest BCUT2D eigenvalue weighted by Crippen LogP contribution is 2.31. The third kappa shape index (κ3) is 6.50. The predicted octanol–water partition coefficient (Wildman–Crippen LogP) is 5.01. The van der Waals surface area contributed by atoms with Crippen LogP contribution in [0.1, 0.15) is 64.3 Å². The summed E-state index contributed by atoms with van der Waals surface area (Å²) in [5, 5.41) is 3.05. The molecule has 0 aliphatic carbocycles. The van der Waals surface area contributed by atoms with Crippen LogP contribution < -0.4 is 10.2 Å². The third-order valence-electron chi connectivity index (χ3n) is 5.36. The Kier molecular flexibility index (Phi) is 7.50. The van der Waals surface area contributed by atoms with E-state index in [0.717, 1.165) is 11.1 Å². The van der Waals surface area contributed by atoms with Gasteiger partial charge in [0.15, 0.2) is 0 Å². The van der Waals surface area contributed by atoms with Crippen molar-refractivity contribution in [1.82, 2.24) is 15.3 Å². The Hall–Kier alpha value is -3.54. The highest BCUT2D eigenvalue weighted by Gasteiger charge is 2.34. The van der Waals surface area contributed by atoms with Crippen LogP contribution in [0.4, 0.5) is 5.69 Å². The maximum absolute atomic E-state index is 13.8. The SMILES string of the molecule is CC(C)(C)NC(=O)C(c1cccnc1)N(C(=O)Cc1cccnc1)c1ccc(C(C)(C)C)cc1. The molecule has 2 heterocycles. The summed E-state index contributed by atoms with van der Waals surface area (Å²) < 4.78 is 0. The molecule has 1 N–H and O–H groups in total. The van der Waals surface area contributed by atoms with Gasteiger partial charge in [-0.3, -0.25) is 24.5 Å². The zero-order chi connectivity index (χ0) is 24.9. The molecule has 0 bridgehead atoms. The lowest BCUT2D eigenvalue weighted by Gasteiger charge is -2.34. The molecule has 3 aromatic rings. The summed E-state index contributed by atoms with van der Waals surface area (Å²) >= 11 is 0. The Bertz CT molecular complexity index is 1100. The number of benzene rings is 1. The van der Waals surface area contributed by atoms with E-state index >= 15 is 0 Å². The average molecular weight is 459 g/mol. The van der Waals surface area contributed by atoms with Gasteiger partial charge in [-0.05, 0) is 61.6 Å². The minimum Gasteiger partial charge on any atom is -0.349 e. The second kappa shape index (κ2) is 10.2. The van der Waals surface area contributed by atoms with E-state index in [0.29, 0.717) is 11.3 Å². The summed E-state index contributed by atoms with van der Waals surface area (Å²) in [6.07, 6.45) is 6.76. The number of nitrogens with one attached hydrogen (secondary N) is 1. The normalized spacial score (nSPS) is 12.6.